The predicted molar refractivity (Wildman–Crippen MR) is 142 cm³/mol. The van der Waals surface area contributed by atoms with Crippen molar-refractivity contribution in [1.82, 2.24) is 5.32 Å². The molecule has 0 heterocycles. The SMILES string of the molecule is CCCCCCCCCCCCCCCC(=O)N[C@@H](Cc1ccc(OC)cc1)C(O)CP(=O)(O)O. The van der Waals surface area contributed by atoms with Gasteiger partial charge in [-0.25, -0.2) is 0 Å². The van der Waals surface area contributed by atoms with Crippen molar-refractivity contribution in [3.8, 4) is 5.75 Å². The highest BCUT2D eigenvalue weighted by atomic mass is 31.2. The monoisotopic (exact) mass is 513 g/mol. The molecule has 1 unspecified atom stereocenters. The Bertz CT molecular complexity index is 721. The van der Waals surface area contributed by atoms with E-state index in [1.165, 1.54) is 64.2 Å². The lowest BCUT2D eigenvalue weighted by atomic mass is 10.0. The number of carbonyl (C=O) groups is 1. The van der Waals surface area contributed by atoms with E-state index in [0.29, 0.717) is 12.2 Å². The zero-order valence-electron chi connectivity index (χ0n) is 21.8. The van der Waals surface area contributed by atoms with Crippen LogP contribution in [0.4, 0.5) is 0 Å². The van der Waals surface area contributed by atoms with Crippen molar-refractivity contribution in [2.75, 3.05) is 13.3 Å². The molecule has 8 heteroatoms. The van der Waals surface area contributed by atoms with Crippen LogP contribution in [0, 0.1) is 0 Å². The average molecular weight is 514 g/mol. The number of aliphatic hydroxyl groups is 1. The number of rotatable bonds is 21. The lowest BCUT2D eigenvalue weighted by molar-refractivity contribution is -0.122. The molecule has 2 atom stereocenters. The lowest BCUT2D eigenvalue weighted by Gasteiger charge is -2.25. The molecule has 4 N–H and O–H groups in total. The molecule has 202 valence electrons. The van der Waals surface area contributed by atoms with Crippen LogP contribution in [0.3, 0.4) is 0 Å². The van der Waals surface area contributed by atoms with Gasteiger partial charge in [-0.15, -0.1) is 0 Å². The van der Waals surface area contributed by atoms with E-state index in [4.69, 9.17) is 4.74 Å². The maximum Gasteiger partial charge on any atom is 0.328 e. The predicted octanol–water partition coefficient (Wildman–Crippen LogP) is 5.74. The summed E-state index contributed by atoms with van der Waals surface area (Å²) in [4.78, 5) is 31.0. The first kappa shape index (κ1) is 31.6. The van der Waals surface area contributed by atoms with Gasteiger partial charge < -0.3 is 24.9 Å². The number of benzene rings is 1. The maximum atomic E-state index is 12.5. The van der Waals surface area contributed by atoms with Crippen molar-refractivity contribution in [3.63, 3.8) is 0 Å². The fourth-order valence-electron chi connectivity index (χ4n) is 4.25. The molecule has 0 aromatic heterocycles. The number of hydrogen-bond acceptors (Lipinski definition) is 4. The lowest BCUT2D eigenvalue weighted by Crippen LogP contribution is -2.46. The van der Waals surface area contributed by atoms with Crippen LogP contribution in [0.25, 0.3) is 0 Å². The number of hydrogen-bond donors (Lipinski definition) is 4. The summed E-state index contributed by atoms with van der Waals surface area (Å²) in [5.74, 6) is 0.490. The summed E-state index contributed by atoms with van der Waals surface area (Å²) in [6.07, 6.45) is 14.6. The summed E-state index contributed by atoms with van der Waals surface area (Å²) in [6.45, 7) is 2.24. The van der Waals surface area contributed by atoms with Gasteiger partial charge in [-0.1, -0.05) is 96.1 Å². The van der Waals surface area contributed by atoms with Crippen LogP contribution in [0.15, 0.2) is 24.3 Å². The third-order valence-corrected chi connectivity index (χ3v) is 7.21. The highest BCUT2D eigenvalue weighted by Crippen LogP contribution is 2.35. The van der Waals surface area contributed by atoms with Crippen molar-refractivity contribution in [2.45, 2.75) is 115 Å². The Morgan fingerprint density at radius 1 is 0.886 bits per heavy atom. The number of ether oxygens (including phenoxy) is 1. The molecule has 0 aliphatic rings. The summed E-state index contributed by atoms with van der Waals surface area (Å²) in [5.41, 5.74) is 0.835. The summed E-state index contributed by atoms with van der Waals surface area (Å²) < 4.78 is 16.5. The first-order valence-corrected chi connectivity index (χ1v) is 15.2. The van der Waals surface area contributed by atoms with Crippen molar-refractivity contribution in [1.29, 1.82) is 0 Å². The second-order valence-corrected chi connectivity index (χ2v) is 11.3. The van der Waals surface area contributed by atoms with Crippen LogP contribution in [-0.4, -0.2) is 46.2 Å². The van der Waals surface area contributed by atoms with Gasteiger partial charge in [0.15, 0.2) is 0 Å². The van der Waals surface area contributed by atoms with Crippen molar-refractivity contribution >= 4 is 13.5 Å². The van der Waals surface area contributed by atoms with Crippen LogP contribution in [0.5, 0.6) is 5.75 Å². The molecule has 0 radical (unpaired) electrons. The van der Waals surface area contributed by atoms with Crippen LogP contribution >= 0.6 is 7.60 Å². The van der Waals surface area contributed by atoms with E-state index in [-0.39, 0.29) is 12.3 Å². The van der Waals surface area contributed by atoms with Crippen LogP contribution < -0.4 is 10.1 Å². The van der Waals surface area contributed by atoms with Gasteiger partial charge in [0.05, 0.1) is 25.4 Å². The van der Waals surface area contributed by atoms with E-state index >= 15 is 0 Å². The molecule has 1 rings (SSSR count). The molecule has 7 nitrogen and oxygen atoms in total. The normalized spacial score (nSPS) is 13.4. The molecule has 1 amide bonds. The van der Waals surface area contributed by atoms with Crippen LogP contribution in [0.1, 0.15) is 102 Å². The molecule has 0 aliphatic carbocycles. The molecule has 35 heavy (non-hydrogen) atoms. The molecule has 0 spiro atoms. The first-order valence-electron chi connectivity index (χ1n) is 13.4. The van der Waals surface area contributed by atoms with E-state index in [1.54, 1.807) is 19.2 Å². The van der Waals surface area contributed by atoms with Gasteiger partial charge in [-0.3, -0.25) is 9.36 Å². The minimum absolute atomic E-state index is 0.198. The summed E-state index contributed by atoms with van der Waals surface area (Å²) in [7, 11) is -2.84. The third-order valence-electron chi connectivity index (χ3n) is 6.36. The minimum atomic E-state index is -4.41. The largest absolute Gasteiger partial charge is 0.497 e. The zero-order chi connectivity index (χ0) is 25.9. The molecule has 0 bridgehead atoms. The zero-order valence-corrected chi connectivity index (χ0v) is 22.7. The van der Waals surface area contributed by atoms with Gasteiger partial charge in [0.2, 0.25) is 5.91 Å². The third kappa shape index (κ3) is 16.8. The Labute approximate surface area is 212 Å². The molecular formula is C27H48NO6P. The Morgan fingerprint density at radius 2 is 1.37 bits per heavy atom. The summed E-state index contributed by atoms with van der Waals surface area (Å²) in [5, 5.41) is 13.2. The molecule has 0 fully saturated rings. The Balaban J connectivity index is 2.30. The highest BCUT2D eigenvalue weighted by molar-refractivity contribution is 7.51. The second-order valence-electron chi connectivity index (χ2n) is 9.63. The first-order chi connectivity index (χ1) is 16.7. The van der Waals surface area contributed by atoms with E-state index in [0.717, 1.165) is 24.8 Å². The van der Waals surface area contributed by atoms with Gasteiger partial charge >= 0.3 is 7.60 Å². The molecule has 1 aromatic rings. The fraction of sp³-hybridized carbons (Fsp3) is 0.741. The average Bonchev–Trinajstić information content (AvgIpc) is 2.81. The molecule has 0 saturated carbocycles. The van der Waals surface area contributed by atoms with Gasteiger partial charge in [-0.05, 0) is 30.5 Å². The Hall–Kier alpha value is -1.40. The van der Waals surface area contributed by atoms with Crippen LogP contribution in [-0.2, 0) is 15.8 Å². The molecule has 1 aromatic carbocycles. The fourth-order valence-corrected chi connectivity index (χ4v) is 4.99. The second kappa shape index (κ2) is 18.8. The maximum absolute atomic E-state index is 12.5. The number of carbonyl (C=O) groups excluding carboxylic acids is 1. The van der Waals surface area contributed by atoms with E-state index in [2.05, 4.69) is 12.2 Å². The summed E-state index contributed by atoms with van der Waals surface area (Å²) >= 11 is 0. The number of amides is 1. The van der Waals surface area contributed by atoms with Crippen molar-refractivity contribution < 1.29 is 29.0 Å². The Kier molecular flexibility index (Phi) is 17.0. The molecule has 0 saturated heterocycles. The smallest absolute Gasteiger partial charge is 0.328 e. The van der Waals surface area contributed by atoms with Gasteiger partial charge in [0.25, 0.3) is 0 Å². The van der Waals surface area contributed by atoms with E-state index in [9.17, 15) is 24.3 Å². The summed E-state index contributed by atoms with van der Waals surface area (Å²) in [6, 6.07) is 6.41. The van der Waals surface area contributed by atoms with Gasteiger partial charge in [0, 0.05) is 6.42 Å². The number of methoxy groups -OCH3 is 1. The number of nitrogens with one attached hydrogen (secondary N) is 1. The topological polar surface area (TPSA) is 116 Å². The van der Waals surface area contributed by atoms with Crippen molar-refractivity contribution in [2.24, 2.45) is 0 Å². The molecular weight excluding hydrogens is 465 g/mol. The quantitative estimate of drug-likeness (QED) is 0.123. The number of aliphatic hydroxyl groups excluding tert-OH is 1. The van der Waals surface area contributed by atoms with Gasteiger partial charge in [0.1, 0.15) is 5.75 Å². The van der Waals surface area contributed by atoms with Crippen LogP contribution in [0.2, 0.25) is 0 Å². The standard InChI is InChI=1S/C27H48NO6P/c1-3-4-5-6-7-8-9-10-11-12-13-14-15-16-27(30)28-25(26(29)22-35(31,32)33)21-23-17-19-24(34-2)20-18-23/h17-20,25-26,29H,3-16,21-22H2,1-2H3,(H,28,30)(H2,31,32,33)/t25-,26?/m0/s1. The van der Waals surface area contributed by atoms with E-state index < -0.39 is 25.9 Å². The van der Waals surface area contributed by atoms with E-state index in [1.807, 2.05) is 12.1 Å². The Morgan fingerprint density at radius 3 is 1.83 bits per heavy atom. The number of unbranched alkanes of at least 4 members (excludes halogenated alkanes) is 12. The van der Waals surface area contributed by atoms with Gasteiger partial charge in [-0.2, -0.15) is 0 Å². The minimum Gasteiger partial charge on any atom is -0.497 e. The molecule has 0 aliphatic heterocycles. The highest BCUT2D eigenvalue weighted by Gasteiger charge is 2.28. The van der Waals surface area contributed by atoms with Crippen molar-refractivity contribution in [3.05, 3.63) is 29.8 Å².